The van der Waals surface area contributed by atoms with Crippen molar-refractivity contribution in [3.63, 3.8) is 0 Å². The number of aliphatic hydroxyl groups is 1. The molecule has 1 aliphatic carbocycles. The maximum Gasteiger partial charge on any atom is 0.407 e. The van der Waals surface area contributed by atoms with Gasteiger partial charge in [-0.25, -0.2) is 9.78 Å². The maximum atomic E-state index is 14.2. The zero-order chi connectivity index (χ0) is 46.1. The van der Waals surface area contributed by atoms with Crippen molar-refractivity contribution >= 4 is 41.1 Å². The molecule has 1 saturated heterocycles. The van der Waals surface area contributed by atoms with Gasteiger partial charge in [-0.05, 0) is 56.5 Å². The van der Waals surface area contributed by atoms with Crippen LogP contribution in [0.5, 0.6) is 0 Å². The normalized spacial score (nSPS) is 15.8. The van der Waals surface area contributed by atoms with Crippen LogP contribution in [0.1, 0.15) is 71.4 Å². The number of carbonyl (C=O) groups excluding carboxylic acids is 5. The summed E-state index contributed by atoms with van der Waals surface area (Å²) in [6.45, 7) is 6.08. The van der Waals surface area contributed by atoms with Crippen LogP contribution < -0.4 is 21.3 Å². The molecular weight excluding hydrogens is 845 g/mol. The lowest BCUT2D eigenvalue weighted by Crippen LogP contribution is -2.57. The fraction of sp³-hybridized carbons (Fsp3) is 0.320. The summed E-state index contributed by atoms with van der Waals surface area (Å²) in [4.78, 5) is 72.6. The van der Waals surface area contributed by atoms with Gasteiger partial charge in [-0.2, -0.15) is 0 Å². The van der Waals surface area contributed by atoms with E-state index in [4.69, 9.17) is 15.9 Å². The number of ether oxygens (including phenoxy) is 2. The second-order valence-electron chi connectivity index (χ2n) is 17.1. The minimum absolute atomic E-state index is 0.0502. The summed E-state index contributed by atoms with van der Waals surface area (Å²) in [6.07, 6.45) is 3.75. The van der Waals surface area contributed by atoms with E-state index in [0.29, 0.717) is 11.3 Å². The van der Waals surface area contributed by atoms with Crippen molar-refractivity contribution < 1.29 is 38.6 Å². The highest BCUT2D eigenvalue weighted by Crippen LogP contribution is 2.44. The number of amides is 5. The molecular formula is C50H52N6O8S. The SMILES string of the molecule is C#CCNC(=O)COCc1ncsc1-c1ccc(CNC(=O)[C@@H]2C[C@@H](O)CN2C(=O)[C@@H](NC(=O)c2ccc(CNC(=O)OCC3c4ccccc4-c4ccccc43)cc2)C(C)(C)C)cc1. The molecule has 15 heteroatoms. The second kappa shape index (κ2) is 20.8. The summed E-state index contributed by atoms with van der Waals surface area (Å²) in [5, 5.41) is 21.8. The van der Waals surface area contributed by atoms with Crippen molar-refractivity contribution in [3.05, 3.63) is 136 Å². The number of fused-ring (bicyclic) bond motifs is 3. The Labute approximate surface area is 382 Å². The van der Waals surface area contributed by atoms with Crippen molar-refractivity contribution in [1.82, 2.24) is 31.2 Å². The van der Waals surface area contributed by atoms with Crippen LogP contribution in [0.15, 0.2) is 103 Å². The minimum Gasteiger partial charge on any atom is -0.449 e. The third kappa shape index (κ3) is 11.3. The number of hydrogen-bond donors (Lipinski definition) is 5. The summed E-state index contributed by atoms with van der Waals surface area (Å²) in [5.74, 6) is 0.580. The number of hydrogen-bond acceptors (Lipinski definition) is 10. The lowest BCUT2D eigenvalue weighted by molar-refractivity contribution is -0.142. The molecule has 0 spiro atoms. The molecule has 3 atom stereocenters. The highest BCUT2D eigenvalue weighted by Gasteiger charge is 2.44. The second-order valence-corrected chi connectivity index (χ2v) is 17.9. The number of thiazole rings is 1. The lowest BCUT2D eigenvalue weighted by Gasteiger charge is -2.35. The lowest BCUT2D eigenvalue weighted by atomic mass is 9.85. The van der Waals surface area contributed by atoms with E-state index in [1.54, 1.807) is 29.8 Å². The molecule has 336 valence electrons. The van der Waals surface area contributed by atoms with Gasteiger partial charge >= 0.3 is 6.09 Å². The van der Waals surface area contributed by atoms with Crippen molar-refractivity contribution in [2.45, 2.75) is 71.0 Å². The number of rotatable bonds is 16. The van der Waals surface area contributed by atoms with Crippen molar-refractivity contribution in [2.24, 2.45) is 5.41 Å². The van der Waals surface area contributed by atoms with Gasteiger partial charge in [0.2, 0.25) is 17.7 Å². The average Bonchev–Trinajstić information content (AvgIpc) is 4.03. The number of carbonyl (C=O) groups is 5. The Hall–Kier alpha value is -6.86. The minimum atomic E-state index is -1.02. The van der Waals surface area contributed by atoms with Gasteiger partial charge in [0.05, 0.1) is 35.3 Å². The Balaban J connectivity index is 0.898. The molecule has 0 saturated carbocycles. The molecule has 5 N–H and O–H groups in total. The van der Waals surface area contributed by atoms with Crippen molar-refractivity contribution in [2.75, 3.05) is 26.3 Å². The van der Waals surface area contributed by atoms with E-state index >= 15 is 0 Å². The topological polar surface area (TPSA) is 188 Å². The molecule has 0 unspecified atom stereocenters. The molecule has 0 radical (unpaired) electrons. The Morgan fingerprint density at radius 1 is 0.877 bits per heavy atom. The van der Waals surface area contributed by atoms with Crippen LogP contribution >= 0.6 is 11.3 Å². The van der Waals surface area contributed by atoms with Crippen LogP contribution in [0, 0.1) is 17.8 Å². The Morgan fingerprint density at radius 2 is 1.51 bits per heavy atom. The van der Waals surface area contributed by atoms with Crippen LogP contribution in [-0.4, -0.2) is 89.2 Å². The summed E-state index contributed by atoms with van der Waals surface area (Å²) in [5.41, 5.74) is 8.92. The van der Waals surface area contributed by atoms with E-state index in [2.05, 4.69) is 56.4 Å². The van der Waals surface area contributed by atoms with Gasteiger partial charge in [0, 0.05) is 37.5 Å². The Kier molecular flexibility index (Phi) is 14.7. The van der Waals surface area contributed by atoms with E-state index in [1.807, 2.05) is 69.3 Å². The highest BCUT2D eigenvalue weighted by atomic mass is 32.1. The zero-order valence-electron chi connectivity index (χ0n) is 36.5. The Morgan fingerprint density at radius 3 is 2.15 bits per heavy atom. The molecule has 65 heavy (non-hydrogen) atoms. The molecule has 5 aromatic rings. The first-order valence-corrected chi connectivity index (χ1v) is 22.2. The molecule has 2 aliphatic rings. The first kappa shape index (κ1) is 46.1. The number of aromatic nitrogens is 1. The number of β-amino-alcohol motifs (C(OH)–C–C–N with tert-alkyl or cyclic N) is 1. The molecule has 0 bridgehead atoms. The fourth-order valence-electron chi connectivity index (χ4n) is 8.06. The van der Waals surface area contributed by atoms with E-state index in [-0.39, 0.29) is 64.2 Å². The van der Waals surface area contributed by atoms with Crippen LogP contribution in [0.3, 0.4) is 0 Å². The first-order valence-electron chi connectivity index (χ1n) is 21.3. The smallest absolute Gasteiger partial charge is 0.407 e. The maximum absolute atomic E-state index is 14.2. The van der Waals surface area contributed by atoms with Crippen LogP contribution in [0.25, 0.3) is 21.6 Å². The predicted molar refractivity (Wildman–Crippen MR) is 246 cm³/mol. The zero-order valence-corrected chi connectivity index (χ0v) is 37.3. The number of benzene rings is 4. The third-order valence-electron chi connectivity index (χ3n) is 11.4. The van der Waals surface area contributed by atoms with Gasteiger partial charge in [-0.3, -0.25) is 19.2 Å². The summed E-state index contributed by atoms with van der Waals surface area (Å²) >= 11 is 1.44. The van der Waals surface area contributed by atoms with Crippen LogP contribution in [-0.2, 0) is 43.6 Å². The molecule has 5 amide bonds. The number of nitrogens with zero attached hydrogens (tertiary/aromatic N) is 2. The summed E-state index contributed by atoms with van der Waals surface area (Å²) < 4.78 is 11.2. The fourth-order valence-corrected chi connectivity index (χ4v) is 8.87. The quantitative estimate of drug-likeness (QED) is 0.0794. The molecule has 14 nitrogen and oxygen atoms in total. The van der Waals surface area contributed by atoms with E-state index in [0.717, 1.165) is 43.8 Å². The first-order chi connectivity index (χ1) is 31.3. The average molecular weight is 897 g/mol. The van der Waals surface area contributed by atoms with Crippen molar-refractivity contribution in [3.8, 4) is 33.9 Å². The third-order valence-corrected chi connectivity index (χ3v) is 12.4. The van der Waals surface area contributed by atoms with Gasteiger partial charge in [0.25, 0.3) is 5.91 Å². The molecule has 7 rings (SSSR count). The largest absolute Gasteiger partial charge is 0.449 e. The monoisotopic (exact) mass is 896 g/mol. The molecule has 1 aromatic heterocycles. The number of terminal acetylenes is 1. The van der Waals surface area contributed by atoms with Gasteiger partial charge in [-0.15, -0.1) is 17.8 Å². The molecule has 1 aliphatic heterocycles. The highest BCUT2D eigenvalue weighted by molar-refractivity contribution is 7.13. The van der Waals surface area contributed by atoms with Crippen LogP contribution in [0.4, 0.5) is 4.79 Å². The standard InChI is InChI=1S/C50H52N6O8S/c1-5-22-51-43(58)29-63-28-41-44(65-30-54-41)33-18-14-31(15-19-33)24-52-47(60)42-23-35(57)26-56(42)48(61)45(50(2,3)4)55-46(59)34-20-16-32(17-21-34)25-53-49(62)64-27-40-38-12-8-6-10-36(38)37-11-7-9-13-39(37)40/h1,6-21,30,35,40,42,45,57H,22-29H2,2-4H3,(H,51,58)(H,52,60)(H,53,62)(H,55,59)/t35-,42+,45-/m1/s1. The van der Waals surface area contributed by atoms with Gasteiger partial charge in [0.1, 0.15) is 25.3 Å². The van der Waals surface area contributed by atoms with Crippen LogP contribution in [0.2, 0.25) is 0 Å². The summed E-state index contributed by atoms with van der Waals surface area (Å²) in [6, 6.07) is 28.5. The predicted octanol–water partition coefficient (Wildman–Crippen LogP) is 5.54. The number of aliphatic hydroxyl groups excluding tert-OH is 1. The number of alkyl carbamates (subject to hydrolysis) is 1. The molecule has 1 fully saturated rings. The van der Waals surface area contributed by atoms with Crippen molar-refractivity contribution in [1.29, 1.82) is 0 Å². The number of nitrogens with one attached hydrogen (secondary N) is 4. The van der Waals surface area contributed by atoms with E-state index in [9.17, 15) is 29.1 Å². The Bertz CT molecular complexity index is 2520. The van der Waals surface area contributed by atoms with E-state index < -0.39 is 47.4 Å². The molecule has 2 heterocycles. The number of likely N-dealkylation sites (tertiary alicyclic amines) is 1. The van der Waals surface area contributed by atoms with Gasteiger partial charge in [-0.1, -0.05) is 112 Å². The van der Waals surface area contributed by atoms with E-state index in [1.165, 1.54) is 16.2 Å². The van der Waals surface area contributed by atoms with Gasteiger partial charge in [0.15, 0.2) is 0 Å². The molecule has 4 aromatic carbocycles. The summed E-state index contributed by atoms with van der Waals surface area (Å²) in [7, 11) is 0. The van der Waals surface area contributed by atoms with Gasteiger partial charge < -0.3 is 40.7 Å².